The lowest BCUT2D eigenvalue weighted by molar-refractivity contribution is 0.299. The molecule has 68 valence electrons. The Kier molecular flexibility index (Phi) is 3.29. The summed E-state index contributed by atoms with van der Waals surface area (Å²) in [4.78, 5) is 0. The Hall–Kier alpha value is -0.830. The lowest BCUT2D eigenvalue weighted by atomic mass is 10.0. The summed E-state index contributed by atoms with van der Waals surface area (Å²) in [6.07, 6.45) is 3.52. The van der Waals surface area contributed by atoms with Gasteiger partial charge < -0.3 is 5.11 Å². The van der Waals surface area contributed by atoms with Crippen molar-refractivity contribution in [2.75, 3.05) is 6.61 Å². The fraction of sp³-hybridized carbons (Fsp3) is 0.667. The summed E-state index contributed by atoms with van der Waals surface area (Å²) in [7, 11) is 0. The number of aromatic nitrogens is 2. The third-order valence-electron chi connectivity index (χ3n) is 1.80. The molecule has 12 heavy (non-hydrogen) atoms. The number of aliphatic hydroxyl groups is 1. The van der Waals surface area contributed by atoms with Gasteiger partial charge in [-0.1, -0.05) is 13.8 Å². The first-order valence-corrected chi connectivity index (χ1v) is 4.36. The van der Waals surface area contributed by atoms with Crippen molar-refractivity contribution in [3.63, 3.8) is 0 Å². The Balaban J connectivity index is 2.63. The van der Waals surface area contributed by atoms with Gasteiger partial charge in [-0.2, -0.15) is 5.10 Å². The van der Waals surface area contributed by atoms with Crippen molar-refractivity contribution in [2.45, 2.75) is 26.7 Å². The van der Waals surface area contributed by atoms with E-state index in [4.69, 9.17) is 5.11 Å². The van der Waals surface area contributed by atoms with Gasteiger partial charge >= 0.3 is 0 Å². The lowest BCUT2D eigenvalue weighted by Crippen LogP contribution is -2.00. The molecule has 0 atom stereocenters. The highest BCUT2D eigenvalue weighted by Gasteiger charge is 2.05. The SMILES string of the molecule is CC(C)Cc1[nH]ncc1CCO. The van der Waals surface area contributed by atoms with Crippen LogP contribution in [0.3, 0.4) is 0 Å². The number of hydrogen-bond donors (Lipinski definition) is 2. The Bertz CT molecular complexity index is 230. The Morgan fingerprint density at radius 3 is 2.92 bits per heavy atom. The first-order chi connectivity index (χ1) is 5.74. The van der Waals surface area contributed by atoms with Crippen LogP contribution in [0, 0.1) is 5.92 Å². The maximum atomic E-state index is 8.75. The number of rotatable bonds is 4. The molecule has 0 aliphatic rings. The Morgan fingerprint density at radius 2 is 2.33 bits per heavy atom. The van der Waals surface area contributed by atoms with Crippen molar-refractivity contribution >= 4 is 0 Å². The monoisotopic (exact) mass is 168 g/mol. The number of hydrogen-bond acceptors (Lipinski definition) is 2. The molecule has 0 spiro atoms. The molecule has 0 bridgehead atoms. The van der Waals surface area contributed by atoms with Gasteiger partial charge in [-0.3, -0.25) is 5.10 Å². The van der Waals surface area contributed by atoms with E-state index in [1.165, 1.54) is 5.69 Å². The van der Waals surface area contributed by atoms with Gasteiger partial charge in [0.05, 0.1) is 6.20 Å². The first kappa shape index (κ1) is 9.26. The molecule has 0 aromatic carbocycles. The maximum Gasteiger partial charge on any atom is 0.0523 e. The molecular formula is C9H16N2O. The topological polar surface area (TPSA) is 48.9 Å². The van der Waals surface area contributed by atoms with E-state index in [9.17, 15) is 0 Å². The van der Waals surface area contributed by atoms with Crippen LogP contribution < -0.4 is 0 Å². The normalized spacial score (nSPS) is 11.0. The fourth-order valence-electron chi connectivity index (χ4n) is 1.26. The van der Waals surface area contributed by atoms with Crippen molar-refractivity contribution in [3.05, 3.63) is 17.5 Å². The molecule has 3 nitrogen and oxygen atoms in total. The molecular weight excluding hydrogens is 152 g/mol. The molecule has 1 aromatic rings. The van der Waals surface area contributed by atoms with Crippen molar-refractivity contribution in [3.8, 4) is 0 Å². The van der Waals surface area contributed by atoms with Crippen LogP contribution in [0.15, 0.2) is 6.20 Å². The molecule has 1 aromatic heterocycles. The summed E-state index contributed by atoms with van der Waals surface area (Å²) in [5.74, 6) is 0.628. The summed E-state index contributed by atoms with van der Waals surface area (Å²) in [6, 6.07) is 0. The second-order valence-corrected chi connectivity index (χ2v) is 3.45. The van der Waals surface area contributed by atoms with Gasteiger partial charge in [-0.05, 0) is 24.3 Å². The minimum atomic E-state index is 0.199. The van der Waals surface area contributed by atoms with Gasteiger partial charge in [0.15, 0.2) is 0 Å². The maximum absolute atomic E-state index is 8.75. The molecule has 1 heterocycles. The molecule has 0 unspecified atom stereocenters. The zero-order chi connectivity index (χ0) is 8.97. The van der Waals surface area contributed by atoms with E-state index in [2.05, 4.69) is 24.0 Å². The molecule has 0 aliphatic carbocycles. The first-order valence-electron chi connectivity index (χ1n) is 4.36. The number of aromatic amines is 1. The molecule has 0 fully saturated rings. The fourth-order valence-corrected chi connectivity index (χ4v) is 1.26. The number of H-pyrrole nitrogens is 1. The molecule has 0 aliphatic heterocycles. The van der Waals surface area contributed by atoms with Gasteiger partial charge in [0.1, 0.15) is 0 Å². The van der Waals surface area contributed by atoms with Crippen LogP contribution in [0.4, 0.5) is 0 Å². The average molecular weight is 168 g/mol. The summed E-state index contributed by atoms with van der Waals surface area (Å²) in [5.41, 5.74) is 2.31. The van der Waals surface area contributed by atoms with E-state index in [0.717, 1.165) is 12.0 Å². The zero-order valence-corrected chi connectivity index (χ0v) is 7.67. The lowest BCUT2D eigenvalue weighted by Gasteiger charge is -2.03. The molecule has 1 rings (SSSR count). The summed E-state index contributed by atoms with van der Waals surface area (Å²) in [5, 5.41) is 15.7. The molecule has 0 amide bonds. The molecule has 3 heteroatoms. The molecule has 0 radical (unpaired) electrons. The van der Waals surface area contributed by atoms with E-state index < -0.39 is 0 Å². The van der Waals surface area contributed by atoms with Gasteiger partial charge in [0, 0.05) is 12.3 Å². The van der Waals surface area contributed by atoms with Gasteiger partial charge in [0.25, 0.3) is 0 Å². The summed E-state index contributed by atoms with van der Waals surface area (Å²) in [6.45, 7) is 4.54. The van der Waals surface area contributed by atoms with Crippen molar-refractivity contribution in [1.29, 1.82) is 0 Å². The van der Waals surface area contributed by atoms with Gasteiger partial charge in [-0.25, -0.2) is 0 Å². The van der Waals surface area contributed by atoms with Crippen molar-refractivity contribution < 1.29 is 5.11 Å². The highest BCUT2D eigenvalue weighted by atomic mass is 16.2. The molecule has 0 saturated carbocycles. The second kappa shape index (κ2) is 4.26. The highest BCUT2D eigenvalue weighted by molar-refractivity contribution is 5.16. The number of aliphatic hydroxyl groups excluding tert-OH is 1. The Labute approximate surface area is 72.8 Å². The third kappa shape index (κ3) is 2.34. The molecule has 0 saturated heterocycles. The van der Waals surface area contributed by atoms with Crippen LogP contribution in [0.25, 0.3) is 0 Å². The predicted octanol–water partition coefficient (Wildman–Crippen LogP) is 1.14. The van der Waals surface area contributed by atoms with Crippen molar-refractivity contribution in [2.24, 2.45) is 5.92 Å². The van der Waals surface area contributed by atoms with Crippen LogP contribution in [-0.2, 0) is 12.8 Å². The van der Waals surface area contributed by atoms with Crippen LogP contribution in [0.2, 0.25) is 0 Å². The van der Waals surface area contributed by atoms with Gasteiger partial charge in [0.2, 0.25) is 0 Å². The van der Waals surface area contributed by atoms with E-state index in [0.29, 0.717) is 12.3 Å². The number of nitrogens with zero attached hydrogens (tertiary/aromatic N) is 1. The van der Waals surface area contributed by atoms with E-state index in [1.54, 1.807) is 6.20 Å². The Morgan fingerprint density at radius 1 is 1.58 bits per heavy atom. The number of nitrogens with one attached hydrogen (secondary N) is 1. The standard InChI is InChI=1S/C9H16N2O/c1-7(2)5-9-8(3-4-12)6-10-11-9/h6-7,12H,3-5H2,1-2H3,(H,10,11). The smallest absolute Gasteiger partial charge is 0.0523 e. The second-order valence-electron chi connectivity index (χ2n) is 3.45. The average Bonchev–Trinajstić information content (AvgIpc) is 2.37. The van der Waals surface area contributed by atoms with Crippen LogP contribution in [0.1, 0.15) is 25.1 Å². The molecule has 2 N–H and O–H groups in total. The minimum absolute atomic E-state index is 0.199. The quantitative estimate of drug-likeness (QED) is 0.708. The van der Waals surface area contributed by atoms with E-state index >= 15 is 0 Å². The minimum Gasteiger partial charge on any atom is -0.396 e. The van der Waals surface area contributed by atoms with Gasteiger partial charge in [-0.15, -0.1) is 0 Å². The van der Waals surface area contributed by atoms with E-state index in [1.807, 2.05) is 0 Å². The largest absolute Gasteiger partial charge is 0.396 e. The summed E-state index contributed by atoms with van der Waals surface area (Å²) < 4.78 is 0. The van der Waals surface area contributed by atoms with Crippen LogP contribution in [0.5, 0.6) is 0 Å². The highest BCUT2D eigenvalue weighted by Crippen LogP contribution is 2.10. The van der Waals surface area contributed by atoms with Crippen molar-refractivity contribution in [1.82, 2.24) is 10.2 Å². The zero-order valence-electron chi connectivity index (χ0n) is 7.67. The summed E-state index contributed by atoms with van der Waals surface area (Å²) >= 11 is 0. The van der Waals surface area contributed by atoms with Crippen LogP contribution in [-0.4, -0.2) is 21.9 Å². The predicted molar refractivity (Wildman–Crippen MR) is 47.9 cm³/mol. The van der Waals surface area contributed by atoms with Crippen LogP contribution >= 0.6 is 0 Å². The van der Waals surface area contributed by atoms with E-state index in [-0.39, 0.29) is 6.61 Å². The third-order valence-corrected chi connectivity index (χ3v) is 1.80.